The number of benzene rings is 2. The summed E-state index contributed by atoms with van der Waals surface area (Å²) in [5.74, 6) is -0.989. The lowest BCUT2D eigenvalue weighted by Gasteiger charge is -2.33. The Labute approximate surface area is 176 Å². The Morgan fingerprint density at radius 1 is 1.07 bits per heavy atom. The zero-order valence-corrected chi connectivity index (χ0v) is 17.0. The number of likely N-dealkylation sites (tertiary alicyclic amines) is 1. The monoisotopic (exact) mass is 413 g/mol. The molecule has 2 amide bonds. The Morgan fingerprint density at radius 3 is 2.37 bits per heavy atom. The second kappa shape index (κ2) is 10.8. The van der Waals surface area contributed by atoms with E-state index in [0.29, 0.717) is 12.3 Å². The number of anilines is 1. The van der Waals surface area contributed by atoms with Crippen molar-refractivity contribution in [2.45, 2.75) is 32.0 Å². The summed E-state index contributed by atoms with van der Waals surface area (Å²) in [5.41, 5.74) is 6.96. The van der Waals surface area contributed by atoms with Gasteiger partial charge in [0.25, 0.3) is 0 Å². The van der Waals surface area contributed by atoms with E-state index in [0.717, 1.165) is 31.5 Å². The highest BCUT2D eigenvalue weighted by Crippen LogP contribution is 2.19. The predicted octanol–water partition coefficient (Wildman–Crippen LogP) is 2.72. The van der Waals surface area contributed by atoms with Gasteiger partial charge in [0.1, 0.15) is 5.82 Å². The largest absolute Gasteiger partial charge is 0.373 e. The van der Waals surface area contributed by atoms with Crippen LogP contribution in [0.1, 0.15) is 24.8 Å². The fourth-order valence-corrected chi connectivity index (χ4v) is 3.54. The maximum atomic E-state index is 13.2. The highest BCUT2D eigenvalue weighted by Gasteiger charge is 2.24. The molecule has 2 N–H and O–H groups in total. The molecule has 0 aliphatic carbocycles. The number of piperidine rings is 1. The molecule has 0 atom stereocenters. The molecule has 30 heavy (non-hydrogen) atoms. The molecule has 0 saturated carbocycles. The van der Waals surface area contributed by atoms with Crippen LogP contribution in [-0.4, -0.2) is 49.0 Å². The lowest BCUT2D eigenvalue weighted by atomic mass is 10.1. The normalized spacial score (nSPS) is 15.1. The molecule has 3 rings (SSSR count). The van der Waals surface area contributed by atoms with Gasteiger partial charge in [-0.15, -0.1) is 0 Å². The highest BCUT2D eigenvalue weighted by molar-refractivity contribution is 5.95. The van der Waals surface area contributed by atoms with E-state index >= 15 is 0 Å². The zero-order chi connectivity index (χ0) is 21.3. The summed E-state index contributed by atoms with van der Waals surface area (Å²) in [6.45, 7) is 2.53. The number of hydrogen-bond donors (Lipinski definition) is 1. The Balaban J connectivity index is 1.50. The summed E-state index contributed by atoms with van der Waals surface area (Å²) in [6.07, 6.45) is 1.95. The van der Waals surface area contributed by atoms with Crippen molar-refractivity contribution in [3.8, 4) is 0 Å². The number of primary amides is 1. The van der Waals surface area contributed by atoms with Crippen molar-refractivity contribution in [1.82, 2.24) is 4.90 Å². The van der Waals surface area contributed by atoms with Crippen LogP contribution < -0.4 is 10.6 Å². The van der Waals surface area contributed by atoms with E-state index in [2.05, 4.69) is 4.90 Å². The van der Waals surface area contributed by atoms with E-state index in [1.807, 2.05) is 30.3 Å². The fraction of sp³-hybridized carbons (Fsp3) is 0.391. The average molecular weight is 413 g/mol. The van der Waals surface area contributed by atoms with Gasteiger partial charge in [-0.1, -0.05) is 30.3 Å². The molecule has 1 fully saturated rings. The standard InChI is InChI=1S/C23H28FN3O3/c24-19-6-8-20(9-7-19)27(15-12-22(25)28)23(29)16-26-13-10-21(11-14-26)30-17-18-4-2-1-3-5-18/h1-9,21H,10-17H2,(H2,25,28). The smallest absolute Gasteiger partial charge is 0.241 e. The van der Waals surface area contributed by atoms with E-state index in [9.17, 15) is 14.0 Å². The maximum absolute atomic E-state index is 13.2. The van der Waals surface area contributed by atoms with E-state index in [1.165, 1.54) is 29.2 Å². The van der Waals surface area contributed by atoms with E-state index in [1.54, 1.807) is 0 Å². The second-order valence-corrected chi connectivity index (χ2v) is 7.51. The first-order valence-electron chi connectivity index (χ1n) is 10.2. The van der Waals surface area contributed by atoms with Gasteiger partial charge in [-0.3, -0.25) is 14.5 Å². The molecule has 7 heteroatoms. The third-order valence-electron chi connectivity index (χ3n) is 5.24. The van der Waals surface area contributed by atoms with Gasteiger partial charge in [0.05, 0.1) is 19.3 Å². The molecule has 0 spiro atoms. The summed E-state index contributed by atoms with van der Waals surface area (Å²) >= 11 is 0. The minimum atomic E-state index is -0.480. The molecule has 0 aromatic heterocycles. The van der Waals surface area contributed by atoms with Crippen LogP contribution in [0, 0.1) is 5.82 Å². The molecule has 1 aliphatic rings. The molecule has 160 valence electrons. The minimum absolute atomic E-state index is 0.0541. The van der Waals surface area contributed by atoms with Gasteiger partial charge in [-0.25, -0.2) is 4.39 Å². The van der Waals surface area contributed by atoms with Crippen molar-refractivity contribution in [3.63, 3.8) is 0 Å². The summed E-state index contributed by atoms with van der Waals surface area (Å²) in [6, 6.07) is 15.8. The third kappa shape index (κ3) is 6.64. The summed E-state index contributed by atoms with van der Waals surface area (Å²) < 4.78 is 19.3. The van der Waals surface area contributed by atoms with Gasteiger partial charge < -0.3 is 15.4 Å². The van der Waals surface area contributed by atoms with Crippen molar-refractivity contribution in [3.05, 3.63) is 66.0 Å². The van der Waals surface area contributed by atoms with E-state index in [4.69, 9.17) is 10.5 Å². The molecule has 2 aromatic carbocycles. The maximum Gasteiger partial charge on any atom is 0.241 e. The molecular formula is C23H28FN3O3. The number of amides is 2. The number of rotatable bonds is 9. The van der Waals surface area contributed by atoms with Crippen LogP contribution in [0.4, 0.5) is 10.1 Å². The van der Waals surface area contributed by atoms with Gasteiger partial charge in [0.2, 0.25) is 11.8 Å². The second-order valence-electron chi connectivity index (χ2n) is 7.51. The molecule has 0 unspecified atom stereocenters. The molecule has 1 heterocycles. The summed E-state index contributed by atoms with van der Waals surface area (Å²) in [7, 11) is 0. The molecule has 6 nitrogen and oxygen atoms in total. The number of hydrogen-bond acceptors (Lipinski definition) is 4. The number of carbonyl (C=O) groups excluding carboxylic acids is 2. The molecule has 2 aromatic rings. The van der Waals surface area contributed by atoms with Gasteiger partial charge >= 0.3 is 0 Å². The molecule has 0 bridgehead atoms. The third-order valence-corrected chi connectivity index (χ3v) is 5.24. The fourth-order valence-electron chi connectivity index (χ4n) is 3.54. The number of ether oxygens (including phenoxy) is 1. The van der Waals surface area contributed by atoms with Crippen molar-refractivity contribution < 1.29 is 18.7 Å². The van der Waals surface area contributed by atoms with Gasteiger partial charge in [-0.05, 0) is 42.7 Å². The van der Waals surface area contributed by atoms with Crippen LogP contribution in [0.5, 0.6) is 0 Å². The first-order chi connectivity index (χ1) is 14.5. The van der Waals surface area contributed by atoms with Gasteiger partial charge in [0, 0.05) is 31.7 Å². The Kier molecular flexibility index (Phi) is 7.93. The Bertz CT molecular complexity index is 821. The van der Waals surface area contributed by atoms with Crippen LogP contribution in [0.3, 0.4) is 0 Å². The van der Waals surface area contributed by atoms with E-state index in [-0.39, 0.29) is 37.3 Å². The van der Waals surface area contributed by atoms with Crippen LogP contribution in [0.2, 0.25) is 0 Å². The van der Waals surface area contributed by atoms with Crippen molar-refractivity contribution in [2.75, 3.05) is 31.1 Å². The zero-order valence-electron chi connectivity index (χ0n) is 17.0. The lowest BCUT2D eigenvalue weighted by Crippen LogP contribution is -2.45. The van der Waals surface area contributed by atoms with Crippen molar-refractivity contribution >= 4 is 17.5 Å². The average Bonchev–Trinajstić information content (AvgIpc) is 2.75. The number of carbonyl (C=O) groups is 2. The Morgan fingerprint density at radius 2 is 1.73 bits per heavy atom. The number of halogens is 1. The van der Waals surface area contributed by atoms with Gasteiger partial charge in [-0.2, -0.15) is 0 Å². The quantitative estimate of drug-likeness (QED) is 0.686. The van der Waals surface area contributed by atoms with Crippen LogP contribution >= 0.6 is 0 Å². The lowest BCUT2D eigenvalue weighted by molar-refractivity contribution is -0.120. The topological polar surface area (TPSA) is 75.9 Å². The number of nitrogens with two attached hydrogens (primary N) is 1. The molecule has 1 saturated heterocycles. The number of nitrogens with zero attached hydrogens (tertiary/aromatic N) is 2. The first-order valence-corrected chi connectivity index (χ1v) is 10.2. The minimum Gasteiger partial charge on any atom is -0.373 e. The molecule has 1 aliphatic heterocycles. The molecular weight excluding hydrogens is 385 g/mol. The summed E-state index contributed by atoms with van der Waals surface area (Å²) in [4.78, 5) is 27.7. The molecule has 0 radical (unpaired) electrons. The SMILES string of the molecule is NC(=O)CCN(C(=O)CN1CCC(OCc2ccccc2)CC1)c1ccc(F)cc1. The van der Waals surface area contributed by atoms with Crippen LogP contribution in [0.15, 0.2) is 54.6 Å². The Hall–Kier alpha value is -2.77. The van der Waals surface area contributed by atoms with Gasteiger partial charge in [0.15, 0.2) is 0 Å². The first kappa shape index (κ1) is 21.9. The van der Waals surface area contributed by atoms with E-state index < -0.39 is 5.91 Å². The van der Waals surface area contributed by atoms with Crippen molar-refractivity contribution in [2.24, 2.45) is 5.73 Å². The van der Waals surface area contributed by atoms with Crippen molar-refractivity contribution in [1.29, 1.82) is 0 Å². The predicted molar refractivity (Wildman–Crippen MR) is 113 cm³/mol. The highest BCUT2D eigenvalue weighted by atomic mass is 19.1. The van der Waals surface area contributed by atoms with Crippen LogP contribution in [-0.2, 0) is 20.9 Å². The summed E-state index contributed by atoms with van der Waals surface area (Å²) in [5, 5.41) is 0. The van der Waals surface area contributed by atoms with Crippen LogP contribution in [0.25, 0.3) is 0 Å².